The van der Waals surface area contributed by atoms with Crippen molar-refractivity contribution in [1.82, 2.24) is 15.8 Å². The van der Waals surface area contributed by atoms with Crippen molar-refractivity contribution in [1.29, 1.82) is 0 Å². The van der Waals surface area contributed by atoms with E-state index in [2.05, 4.69) is 15.8 Å². The maximum Gasteiger partial charge on any atom is 0.283 e. The highest BCUT2D eigenvalue weighted by atomic mass is 16.2. The van der Waals surface area contributed by atoms with Crippen molar-refractivity contribution in [3.05, 3.63) is 30.1 Å². The highest BCUT2D eigenvalue weighted by Crippen LogP contribution is 1.90. The number of pyridine rings is 1. The fourth-order valence-electron chi connectivity index (χ4n) is 0.675. The van der Waals surface area contributed by atoms with E-state index in [0.29, 0.717) is 5.69 Å². The van der Waals surface area contributed by atoms with Crippen molar-refractivity contribution in [3.63, 3.8) is 0 Å². The van der Waals surface area contributed by atoms with Crippen LogP contribution in [0, 0.1) is 0 Å². The number of nitrogens with one attached hydrogen (secondary N) is 2. The third-order valence-corrected chi connectivity index (χ3v) is 1.14. The molecule has 0 aliphatic heterocycles. The molecule has 2 N–H and O–H groups in total. The molecule has 0 saturated heterocycles. The molecule has 1 aromatic rings. The van der Waals surface area contributed by atoms with Crippen LogP contribution < -0.4 is 10.9 Å². The number of carbonyl (C=O) groups excluding carboxylic acids is 1. The minimum Gasteiger partial charge on any atom is -0.286 e. The van der Waals surface area contributed by atoms with Gasteiger partial charge in [-0.2, -0.15) is 0 Å². The van der Waals surface area contributed by atoms with E-state index in [4.69, 9.17) is 0 Å². The van der Waals surface area contributed by atoms with E-state index in [9.17, 15) is 4.79 Å². The van der Waals surface area contributed by atoms with Crippen molar-refractivity contribution >= 4 is 5.91 Å². The average molecular weight is 151 g/mol. The number of hydrazine groups is 1. The maximum absolute atomic E-state index is 11.0. The predicted octanol–water partition coefficient (Wildman–Crippen LogP) is -0.0542. The lowest BCUT2D eigenvalue weighted by molar-refractivity contribution is 0.0933. The Morgan fingerprint density at radius 3 is 2.91 bits per heavy atom. The molecule has 0 aliphatic carbocycles. The molecular weight excluding hydrogens is 142 g/mol. The summed E-state index contributed by atoms with van der Waals surface area (Å²) in [5, 5.41) is 0. The number of rotatable bonds is 2. The SMILES string of the molecule is CNNC(=O)c1ccccn1. The van der Waals surface area contributed by atoms with Gasteiger partial charge in [-0.25, -0.2) is 5.43 Å². The molecular formula is C7H9N3O. The zero-order valence-corrected chi connectivity index (χ0v) is 6.16. The summed E-state index contributed by atoms with van der Waals surface area (Å²) in [5.74, 6) is -0.229. The van der Waals surface area contributed by atoms with Crippen LogP contribution in [0.2, 0.25) is 0 Å². The highest BCUT2D eigenvalue weighted by Gasteiger charge is 2.02. The van der Waals surface area contributed by atoms with Crippen LogP contribution in [-0.4, -0.2) is 17.9 Å². The smallest absolute Gasteiger partial charge is 0.283 e. The van der Waals surface area contributed by atoms with E-state index in [-0.39, 0.29) is 5.91 Å². The minimum atomic E-state index is -0.229. The van der Waals surface area contributed by atoms with Crippen LogP contribution in [-0.2, 0) is 0 Å². The summed E-state index contributed by atoms with van der Waals surface area (Å²) in [6.45, 7) is 0. The van der Waals surface area contributed by atoms with Gasteiger partial charge in [0.1, 0.15) is 5.69 Å². The van der Waals surface area contributed by atoms with Crippen LogP contribution in [0.1, 0.15) is 10.5 Å². The van der Waals surface area contributed by atoms with Gasteiger partial charge in [-0.15, -0.1) is 0 Å². The maximum atomic E-state index is 11.0. The summed E-state index contributed by atoms with van der Waals surface area (Å²) < 4.78 is 0. The third-order valence-electron chi connectivity index (χ3n) is 1.14. The first-order valence-corrected chi connectivity index (χ1v) is 3.22. The Hall–Kier alpha value is -1.42. The molecule has 1 rings (SSSR count). The molecule has 0 fully saturated rings. The zero-order chi connectivity index (χ0) is 8.10. The zero-order valence-electron chi connectivity index (χ0n) is 6.16. The molecule has 0 atom stereocenters. The third kappa shape index (κ3) is 2.01. The van der Waals surface area contributed by atoms with E-state index >= 15 is 0 Å². The Balaban J connectivity index is 2.69. The normalized spacial score (nSPS) is 9.18. The van der Waals surface area contributed by atoms with E-state index in [1.807, 2.05) is 0 Å². The fraction of sp³-hybridized carbons (Fsp3) is 0.143. The van der Waals surface area contributed by atoms with Crippen molar-refractivity contribution in [3.8, 4) is 0 Å². The lowest BCUT2D eigenvalue weighted by Crippen LogP contribution is -2.34. The molecule has 4 heteroatoms. The number of nitrogens with zero attached hydrogens (tertiary/aromatic N) is 1. The summed E-state index contributed by atoms with van der Waals surface area (Å²) in [6.07, 6.45) is 1.57. The second-order valence-corrected chi connectivity index (χ2v) is 1.92. The highest BCUT2D eigenvalue weighted by molar-refractivity contribution is 5.91. The molecule has 0 bridgehead atoms. The van der Waals surface area contributed by atoms with Gasteiger partial charge in [0.15, 0.2) is 0 Å². The Labute approximate surface area is 64.6 Å². The summed E-state index contributed by atoms with van der Waals surface area (Å²) in [5.41, 5.74) is 5.34. The van der Waals surface area contributed by atoms with Gasteiger partial charge in [-0.1, -0.05) is 6.07 Å². The molecule has 0 saturated carbocycles. The molecule has 0 aromatic carbocycles. The van der Waals surface area contributed by atoms with Crippen LogP contribution >= 0.6 is 0 Å². The summed E-state index contributed by atoms with van der Waals surface area (Å²) in [6, 6.07) is 5.17. The second kappa shape index (κ2) is 3.68. The number of hydrogen-bond donors (Lipinski definition) is 2. The molecule has 11 heavy (non-hydrogen) atoms. The molecule has 1 amide bonds. The van der Waals surface area contributed by atoms with Gasteiger partial charge in [-0.3, -0.25) is 15.2 Å². The second-order valence-electron chi connectivity index (χ2n) is 1.92. The number of aromatic nitrogens is 1. The van der Waals surface area contributed by atoms with E-state index in [1.165, 1.54) is 0 Å². The first-order chi connectivity index (χ1) is 5.34. The Bertz CT molecular complexity index is 235. The Morgan fingerprint density at radius 1 is 1.55 bits per heavy atom. The largest absolute Gasteiger partial charge is 0.286 e. The Kier molecular flexibility index (Phi) is 2.57. The lowest BCUT2D eigenvalue weighted by atomic mass is 10.3. The molecule has 1 heterocycles. The predicted molar refractivity (Wildman–Crippen MR) is 40.8 cm³/mol. The van der Waals surface area contributed by atoms with Crippen molar-refractivity contribution in [2.75, 3.05) is 7.05 Å². The van der Waals surface area contributed by atoms with Gasteiger partial charge in [0.25, 0.3) is 5.91 Å². The monoisotopic (exact) mass is 151 g/mol. The van der Waals surface area contributed by atoms with Gasteiger partial charge >= 0.3 is 0 Å². The van der Waals surface area contributed by atoms with Crippen molar-refractivity contribution in [2.45, 2.75) is 0 Å². The van der Waals surface area contributed by atoms with Crippen LogP contribution in [0.15, 0.2) is 24.4 Å². The average Bonchev–Trinajstić information content (AvgIpc) is 2.07. The molecule has 4 nitrogen and oxygen atoms in total. The first-order valence-electron chi connectivity index (χ1n) is 3.22. The molecule has 58 valence electrons. The molecule has 0 spiro atoms. The molecule has 0 unspecified atom stereocenters. The van der Waals surface area contributed by atoms with Crippen molar-refractivity contribution < 1.29 is 4.79 Å². The van der Waals surface area contributed by atoms with Crippen LogP contribution in [0.5, 0.6) is 0 Å². The van der Waals surface area contributed by atoms with Crippen LogP contribution in [0.4, 0.5) is 0 Å². The van der Waals surface area contributed by atoms with Crippen LogP contribution in [0.3, 0.4) is 0 Å². The minimum absolute atomic E-state index is 0.229. The van der Waals surface area contributed by atoms with Gasteiger partial charge < -0.3 is 0 Å². The first kappa shape index (κ1) is 7.68. The van der Waals surface area contributed by atoms with E-state index < -0.39 is 0 Å². The van der Waals surface area contributed by atoms with Gasteiger partial charge in [0, 0.05) is 13.2 Å². The van der Waals surface area contributed by atoms with Crippen molar-refractivity contribution in [2.24, 2.45) is 0 Å². The van der Waals surface area contributed by atoms with Gasteiger partial charge in [0.2, 0.25) is 0 Å². The summed E-state index contributed by atoms with van der Waals surface area (Å²) in [7, 11) is 1.63. The number of hydrogen-bond acceptors (Lipinski definition) is 3. The molecule has 0 radical (unpaired) electrons. The topological polar surface area (TPSA) is 54.0 Å². The number of amides is 1. The quantitative estimate of drug-likeness (QED) is 0.582. The molecule has 1 aromatic heterocycles. The van der Waals surface area contributed by atoms with Gasteiger partial charge in [0.05, 0.1) is 0 Å². The van der Waals surface area contributed by atoms with Crippen LogP contribution in [0.25, 0.3) is 0 Å². The van der Waals surface area contributed by atoms with E-state index in [1.54, 1.807) is 31.4 Å². The summed E-state index contributed by atoms with van der Waals surface area (Å²) >= 11 is 0. The Morgan fingerprint density at radius 2 is 2.36 bits per heavy atom. The lowest BCUT2D eigenvalue weighted by Gasteiger charge is -1.99. The standard InChI is InChI=1S/C7H9N3O/c1-8-10-7(11)6-4-2-3-5-9-6/h2-5,8H,1H3,(H,10,11). The fourth-order valence-corrected chi connectivity index (χ4v) is 0.675. The number of carbonyl (C=O) groups is 1. The molecule has 0 aliphatic rings. The van der Waals surface area contributed by atoms with E-state index in [0.717, 1.165) is 0 Å². The van der Waals surface area contributed by atoms with Gasteiger partial charge in [-0.05, 0) is 12.1 Å². The summed E-state index contributed by atoms with van der Waals surface area (Å²) in [4.78, 5) is 14.9.